The molecule has 0 saturated heterocycles. The normalized spacial score (nSPS) is 9.84. The number of benzene rings is 2. The van der Waals surface area contributed by atoms with E-state index in [1.54, 1.807) is 18.3 Å². The lowest BCUT2D eigenvalue weighted by molar-refractivity contribution is 0.102. The van der Waals surface area contributed by atoms with Gasteiger partial charge in [0.25, 0.3) is 5.91 Å². The number of rotatable bonds is 3. The molecule has 0 unspecified atom stereocenters. The summed E-state index contributed by atoms with van der Waals surface area (Å²) in [5.41, 5.74) is 3.92. The van der Waals surface area contributed by atoms with E-state index in [2.05, 4.69) is 22.1 Å². The van der Waals surface area contributed by atoms with Crippen molar-refractivity contribution in [2.45, 2.75) is 6.92 Å². The van der Waals surface area contributed by atoms with Crippen LogP contribution in [0.5, 0.6) is 0 Å². The SMILES string of the molecule is CC#Cc1ccc(-c2ccccc2NC(=O)c2cccnc2Cl)cc1. The number of amides is 1. The smallest absolute Gasteiger partial charge is 0.258 e. The van der Waals surface area contributed by atoms with Gasteiger partial charge < -0.3 is 5.32 Å². The first-order valence-electron chi connectivity index (χ1n) is 7.73. The van der Waals surface area contributed by atoms with Crippen LogP contribution in [0.4, 0.5) is 5.69 Å². The van der Waals surface area contributed by atoms with Crippen molar-refractivity contribution in [2.75, 3.05) is 5.32 Å². The molecule has 0 radical (unpaired) electrons. The Kier molecular flexibility index (Phi) is 5.13. The molecule has 0 bridgehead atoms. The van der Waals surface area contributed by atoms with Crippen molar-refractivity contribution in [3.8, 4) is 23.0 Å². The molecule has 0 atom stereocenters. The number of aromatic nitrogens is 1. The van der Waals surface area contributed by atoms with Gasteiger partial charge >= 0.3 is 0 Å². The molecule has 1 heterocycles. The van der Waals surface area contributed by atoms with E-state index in [0.717, 1.165) is 16.7 Å². The zero-order valence-corrected chi connectivity index (χ0v) is 14.3. The number of carbonyl (C=O) groups excluding carboxylic acids is 1. The average Bonchev–Trinajstić information content (AvgIpc) is 2.63. The molecule has 3 aromatic rings. The maximum atomic E-state index is 12.5. The Morgan fingerprint density at radius 1 is 1.04 bits per heavy atom. The summed E-state index contributed by atoms with van der Waals surface area (Å²) >= 11 is 6.00. The van der Waals surface area contributed by atoms with Gasteiger partial charge in [-0.1, -0.05) is 47.9 Å². The van der Waals surface area contributed by atoms with Crippen molar-refractivity contribution >= 4 is 23.2 Å². The van der Waals surface area contributed by atoms with Crippen molar-refractivity contribution in [3.05, 3.63) is 83.1 Å². The second kappa shape index (κ2) is 7.65. The third kappa shape index (κ3) is 3.88. The highest BCUT2D eigenvalue weighted by Gasteiger charge is 2.13. The molecule has 122 valence electrons. The van der Waals surface area contributed by atoms with Gasteiger partial charge in [-0.2, -0.15) is 0 Å². The van der Waals surface area contributed by atoms with Crippen LogP contribution in [0.25, 0.3) is 11.1 Å². The zero-order chi connectivity index (χ0) is 17.6. The van der Waals surface area contributed by atoms with Crippen LogP contribution in [0, 0.1) is 11.8 Å². The van der Waals surface area contributed by atoms with Crippen LogP contribution >= 0.6 is 11.6 Å². The maximum absolute atomic E-state index is 12.5. The van der Waals surface area contributed by atoms with Gasteiger partial charge in [0.2, 0.25) is 0 Å². The van der Waals surface area contributed by atoms with Gasteiger partial charge in [0.05, 0.1) is 5.56 Å². The number of nitrogens with zero attached hydrogens (tertiary/aromatic N) is 1. The van der Waals surface area contributed by atoms with Crippen LogP contribution in [0.1, 0.15) is 22.8 Å². The van der Waals surface area contributed by atoms with Crippen LogP contribution in [0.2, 0.25) is 5.15 Å². The Morgan fingerprint density at radius 2 is 1.80 bits per heavy atom. The Hall–Kier alpha value is -3.09. The molecule has 0 aliphatic rings. The van der Waals surface area contributed by atoms with Gasteiger partial charge in [0.15, 0.2) is 0 Å². The molecule has 0 aliphatic carbocycles. The van der Waals surface area contributed by atoms with E-state index >= 15 is 0 Å². The first-order chi connectivity index (χ1) is 12.2. The van der Waals surface area contributed by atoms with Crippen molar-refractivity contribution in [1.29, 1.82) is 0 Å². The summed E-state index contributed by atoms with van der Waals surface area (Å²) in [7, 11) is 0. The molecule has 0 saturated carbocycles. The van der Waals surface area contributed by atoms with Crippen molar-refractivity contribution < 1.29 is 4.79 Å². The van der Waals surface area contributed by atoms with Crippen LogP contribution in [-0.2, 0) is 0 Å². The minimum Gasteiger partial charge on any atom is -0.321 e. The number of anilines is 1. The van der Waals surface area contributed by atoms with Gasteiger partial charge in [0.1, 0.15) is 5.15 Å². The molecule has 1 amide bonds. The molecule has 2 aromatic carbocycles. The summed E-state index contributed by atoms with van der Waals surface area (Å²) in [5.74, 6) is 5.61. The lowest BCUT2D eigenvalue weighted by Crippen LogP contribution is -2.13. The third-order valence-corrected chi connectivity index (χ3v) is 3.95. The molecule has 4 heteroatoms. The summed E-state index contributed by atoms with van der Waals surface area (Å²) in [5, 5.41) is 3.10. The predicted molar refractivity (Wildman–Crippen MR) is 102 cm³/mol. The number of pyridine rings is 1. The third-order valence-electron chi connectivity index (χ3n) is 3.64. The summed E-state index contributed by atoms with van der Waals surface area (Å²) in [6.07, 6.45) is 1.55. The molecule has 25 heavy (non-hydrogen) atoms. The summed E-state index contributed by atoms with van der Waals surface area (Å²) in [6.45, 7) is 1.81. The first-order valence-corrected chi connectivity index (χ1v) is 8.11. The Bertz CT molecular complexity index is 969. The van der Waals surface area contributed by atoms with Gasteiger partial charge in [-0.15, -0.1) is 5.92 Å². The molecular formula is C21H15ClN2O. The van der Waals surface area contributed by atoms with Gasteiger partial charge in [0, 0.05) is 23.0 Å². The number of halogens is 1. The lowest BCUT2D eigenvalue weighted by atomic mass is 10.0. The molecule has 3 rings (SSSR count). The van der Waals surface area contributed by atoms with E-state index in [0.29, 0.717) is 11.3 Å². The van der Waals surface area contributed by atoms with Crippen molar-refractivity contribution in [1.82, 2.24) is 4.98 Å². The minimum atomic E-state index is -0.293. The highest BCUT2D eigenvalue weighted by atomic mass is 35.5. The van der Waals surface area contributed by atoms with E-state index in [1.165, 1.54) is 0 Å². The summed E-state index contributed by atoms with van der Waals surface area (Å²) in [6, 6.07) is 18.8. The Labute approximate surface area is 151 Å². The van der Waals surface area contributed by atoms with E-state index in [-0.39, 0.29) is 11.1 Å². The first kappa shape index (κ1) is 16.8. The second-order valence-corrected chi connectivity index (χ2v) is 5.65. The number of hydrogen-bond acceptors (Lipinski definition) is 2. The fourth-order valence-corrected chi connectivity index (χ4v) is 2.67. The van der Waals surface area contributed by atoms with Crippen molar-refractivity contribution in [3.63, 3.8) is 0 Å². The van der Waals surface area contributed by atoms with Gasteiger partial charge in [-0.25, -0.2) is 4.98 Å². The molecule has 1 aromatic heterocycles. The molecule has 3 nitrogen and oxygen atoms in total. The molecule has 0 spiro atoms. The van der Waals surface area contributed by atoms with E-state index in [1.807, 2.05) is 55.5 Å². The van der Waals surface area contributed by atoms with E-state index < -0.39 is 0 Å². The zero-order valence-electron chi connectivity index (χ0n) is 13.6. The highest BCUT2D eigenvalue weighted by molar-refractivity contribution is 6.33. The standard InChI is InChI=1S/C21H15ClN2O/c1-2-6-15-10-12-16(13-11-15)17-7-3-4-9-19(17)24-21(25)18-8-5-14-23-20(18)22/h3-5,7-14H,1H3,(H,24,25). The van der Waals surface area contributed by atoms with Crippen LogP contribution < -0.4 is 5.32 Å². The van der Waals surface area contributed by atoms with Crippen LogP contribution in [-0.4, -0.2) is 10.9 Å². The quantitative estimate of drug-likeness (QED) is 0.534. The number of carbonyl (C=O) groups is 1. The second-order valence-electron chi connectivity index (χ2n) is 5.29. The van der Waals surface area contributed by atoms with E-state index in [9.17, 15) is 4.79 Å². The minimum absolute atomic E-state index is 0.181. The molecule has 0 fully saturated rings. The van der Waals surface area contributed by atoms with Crippen molar-refractivity contribution in [2.24, 2.45) is 0 Å². The topological polar surface area (TPSA) is 42.0 Å². The largest absolute Gasteiger partial charge is 0.321 e. The van der Waals surface area contributed by atoms with Gasteiger partial charge in [-0.05, 0) is 42.8 Å². The van der Waals surface area contributed by atoms with Crippen LogP contribution in [0.15, 0.2) is 66.9 Å². The number of nitrogens with one attached hydrogen (secondary N) is 1. The number of para-hydroxylation sites is 1. The van der Waals surface area contributed by atoms with Crippen LogP contribution in [0.3, 0.4) is 0 Å². The fraction of sp³-hybridized carbons (Fsp3) is 0.0476. The molecule has 1 N–H and O–H groups in total. The molecule has 0 aliphatic heterocycles. The maximum Gasteiger partial charge on any atom is 0.258 e. The molecular weight excluding hydrogens is 332 g/mol. The monoisotopic (exact) mass is 346 g/mol. The summed E-state index contributed by atoms with van der Waals surface area (Å²) < 4.78 is 0. The Balaban J connectivity index is 1.92. The predicted octanol–water partition coefficient (Wildman–Crippen LogP) is 5.03. The average molecular weight is 347 g/mol. The fourth-order valence-electron chi connectivity index (χ4n) is 2.47. The lowest BCUT2D eigenvalue weighted by Gasteiger charge is -2.12. The van der Waals surface area contributed by atoms with E-state index in [4.69, 9.17) is 11.6 Å². The van der Waals surface area contributed by atoms with Gasteiger partial charge in [-0.3, -0.25) is 4.79 Å². The highest BCUT2D eigenvalue weighted by Crippen LogP contribution is 2.28. The number of hydrogen-bond donors (Lipinski definition) is 1. The Morgan fingerprint density at radius 3 is 2.52 bits per heavy atom. The summed E-state index contributed by atoms with van der Waals surface area (Å²) in [4.78, 5) is 16.4.